The minimum atomic E-state index is -0.355. The Kier molecular flexibility index (Phi) is 2.38. The molecular weight excluding hydrogens is 198 g/mol. The Balaban J connectivity index is 1.78. The lowest BCUT2D eigenvalue weighted by atomic mass is 9.48. The summed E-state index contributed by atoms with van der Waals surface area (Å²) in [4.78, 5) is 0. The van der Waals surface area contributed by atoms with E-state index >= 15 is 0 Å². The lowest BCUT2D eigenvalue weighted by Crippen LogP contribution is -2.52. The van der Waals surface area contributed by atoms with Gasteiger partial charge in [0.05, 0.1) is 6.61 Å². The molecule has 1 unspecified atom stereocenters. The van der Waals surface area contributed by atoms with E-state index in [0.717, 1.165) is 24.2 Å². The van der Waals surface area contributed by atoms with Gasteiger partial charge in [-0.25, -0.2) is 0 Å². The molecule has 4 aliphatic rings. The van der Waals surface area contributed by atoms with Crippen LogP contribution in [-0.2, 0) is 0 Å². The number of nitrogens with two attached hydrogens (primary N) is 1. The van der Waals surface area contributed by atoms with E-state index in [0.29, 0.717) is 5.41 Å². The lowest BCUT2D eigenvalue weighted by Gasteiger charge is -2.58. The maximum atomic E-state index is 9.37. The van der Waals surface area contributed by atoms with Gasteiger partial charge in [-0.1, -0.05) is 0 Å². The third-order valence-corrected chi connectivity index (χ3v) is 5.31. The maximum Gasteiger partial charge on any atom is 0.0608 e. The summed E-state index contributed by atoms with van der Waals surface area (Å²) in [5.41, 5.74) is 6.33. The molecule has 16 heavy (non-hydrogen) atoms. The van der Waals surface area contributed by atoms with Crippen LogP contribution < -0.4 is 5.73 Å². The molecule has 2 heteroatoms. The monoisotopic (exact) mass is 223 g/mol. The fraction of sp³-hybridized carbons (Fsp3) is 1.00. The Hall–Kier alpha value is -0.0800. The zero-order valence-electron chi connectivity index (χ0n) is 10.4. The van der Waals surface area contributed by atoms with E-state index in [-0.39, 0.29) is 12.1 Å². The Bertz CT molecular complexity index is 249. The average molecular weight is 223 g/mol. The van der Waals surface area contributed by atoms with Crippen LogP contribution in [0.4, 0.5) is 0 Å². The van der Waals surface area contributed by atoms with Crippen molar-refractivity contribution in [3.05, 3.63) is 0 Å². The molecule has 4 aliphatic carbocycles. The van der Waals surface area contributed by atoms with Gasteiger partial charge in [0.25, 0.3) is 0 Å². The molecule has 0 amide bonds. The van der Waals surface area contributed by atoms with Gasteiger partial charge in [0.1, 0.15) is 0 Å². The van der Waals surface area contributed by atoms with Gasteiger partial charge in [-0.3, -0.25) is 0 Å². The van der Waals surface area contributed by atoms with E-state index < -0.39 is 0 Å². The molecule has 0 aromatic heterocycles. The van der Waals surface area contributed by atoms with Gasteiger partial charge in [0, 0.05) is 5.54 Å². The van der Waals surface area contributed by atoms with Crippen molar-refractivity contribution in [2.24, 2.45) is 28.9 Å². The first-order valence-corrected chi connectivity index (χ1v) is 6.90. The van der Waals surface area contributed by atoms with Crippen molar-refractivity contribution < 1.29 is 5.11 Å². The predicted octanol–water partition coefficient (Wildman–Crippen LogP) is 2.30. The van der Waals surface area contributed by atoms with E-state index in [1.165, 1.54) is 38.5 Å². The van der Waals surface area contributed by atoms with Crippen molar-refractivity contribution in [3.8, 4) is 0 Å². The van der Waals surface area contributed by atoms with Gasteiger partial charge in [0.2, 0.25) is 0 Å². The molecule has 0 spiro atoms. The van der Waals surface area contributed by atoms with Gasteiger partial charge < -0.3 is 10.8 Å². The Labute approximate surface area is 98.6 Å². The summed E-state index contributed by atoms with van der Waals surface area (Å²) in [6, 6.07) is 0. The lowest BCUT2D eigenvalue weighted by molar-refractivity contribution is -0.0704. The van der Waals surface area contributed by atoms with Crippen LogP contribution in [0.2, 0.25) is 0 Å². The zero-order valence-corrected chi connectivity index (χ0v) is 10.4. The smallest absolute Gasteiger partial charge is 0.0608 e. The van der Waals surface area contributed by atoms with Crippen LogP contribution >= 0.6 is 0 Å². The van der Waals surface area contributed by atoms with Crippen LogP contribution in [0.25, 0.3) is 0 Å². The van der Waals surface area contributed by atoms with Gasteiger partial charge in [-0.05, 0) is 75.0 Å². The Morgan fingerprint density at radius 2 is 1.56 bits per heavy atom. The van der Waals surface area contributed by atoms with Crippen molar-refractivity contribution in [2.75, 3.05) is 6.61 Å². The van der Waals surface area contributed by atoms with Crippen molar-refractivity contribution >= 4 is 0 Å². The molecule has 0 aromatic rings. The number of aliphatic hydroxyl groups is 1. The fourth-order valence-electron chi connectivity index (χ4n) is 5.42. The highest BCUT2D eigenvalue weighted by Gasteiger charge is 2.52. The van der Waals surface area contributed by atoms with Crippen LogP contribution in [0.5, 0.6) is 0 Å². The first kappa shape index (κ1) is 11.0. The molecule has 1 atom stereocenters. The largest absolute Gasteiger partial charge is 0.394 e. The quantitative estimate of drug-likeness (QED) is 0.771. The number of hydrogen-bond acceptors (Lipinski definition) is 2. The third kappa shape index (κ3) is 1.80. The maximum absolute atomic E-state index is 9.37. The van der Waals surface area contributed by atoms with Crippen LogP contribution in [0.15, 0.2) is 0 Å². The molecule has 3 N–H and O–H groups in total. The summed E-state index contributed by atoms with van der Waals surface area (Å²) in [5, 5.41) is 9.37. The second-order valence-electron chi connectivity index (χ2n) is 7.41. The van der Waals surface area contributed by atoms with Gasteiger partial charge in [-0.2, -0.15) is 0 Å². The zero-order chi connectivity index (χ0) is 11.4. The van der Waals surface area contributed by atoms with Gasteiger partial charge in [0.15, 0.2) is 0 Å². The van der Waals surface area contributed by atoms with Crippen molar-refractivity contribution in [1.82, 2.24) is 0 Å². The Morgan fingerprint density at radius 3 is 1.94 bits per heavy atom. The van der Waals surface area contributed by atoms with Crippen molar-refractivity contribution in [2.45, 2.75) is 57.4 Å². The summed E-state index contributed by atoms with van der Waals surface area (Å²) >= 11 is 0. The molecule has 4 bridgehead atoms. The molecule has 92 valence electrons. The van der Waals surface area contributed by atoms with E-state index in [2.05, 4.69) is 0 Å². The molecule has 4 rings (SSSR count). The minimum Gasteiger partial charge on any atom is -0.394 e. The molecule has 2 nitrogen and oxygen atoms in total. The van der Waals surface area contributed by atoms with E-state index in [1.54, 1.807) is 0 Å². The highest BCUT2D eigenvalue weighted by molar-refractivity contribution is 5.04. The first-order chi connectivity index (χ1) is 7.50. The average Bonchev–Trinajstić information content (AvgIpc) is 2.13. The van der Waals surface area contributed by atoms with Gasteiger partial charge in [-0.15, -0.1) is 0 Å². The molecule has 0 aliphatic heterocycles. The SMILES string of the molecule is CC(N)(CO)CC12CC3CC(CC(C3)C1)C2. The van der Waals surface area contributed by atoms with Gasteiger partial charge >= 0.3 is 0 Å². The molecule has 4 saturated carbocycles. The summed E-state index contributed by atoms with van der Waals surface area (Å²) in [6.45, 7) is 2.15. The van der Waals surface area contributed by atoms with Crippen LogP contribution in [0.1, 0.15) is 51.9 Å². The highest BCUT2D eigenvalue weighted by Crippen LogP contribution is 2.62. The summed E-state index contributed by atoms with van der Waals surface area (Å²) in [7, 11) is 0. The molecule has 4 fully saturated rings. The Morgan fingerprint density at radius 1 is 1.12 bits per heavy atom. The molecule has 0 aromatic carbocycles. The molecule has 0 saturated heterocycles. The minimum absolute atomic E-state index is 0.134. The second-order valence-corrected chi connectivity index (χ2v) is 7.41. The first-order valence-electron chi connectivity index (χ1n) is 6.90. The summed E-state index contributed by atoms with van der Waals surface area (Å²) in [6.07, 6.45) is 9.68. The summed E-state index contributed by atoms with van der Waals surface area (Å²) < 4.78 is 0. The normalized spacial score (nSPS) is 49.3. The van der Waals surface area contributed by atoms with E-state index in [9.17, 15) is 5.11 Å². The number of rotatable bonds is 3. The molecular formula is C14H25NO. The molecule has 0 heterocycles. The van der Waals surface area contributed by atoms with Crippen molar-refractivity contribution in [1.29, 1.82) is 0 Å². The summed E-state index contributed by atoms with van der Waals surface area (Å²) in [5.74, 6) is 2.96. The van der Waals surface area contributed by atoms with Crippen LogP contribution in [0, 0.1) is 23.2 Å². The van der Waals surface area contributed by atoms with E-state index in [1.807, 2.05) is 6.92 Å². The highest BCUT2D eigenvalue weighted by atomic mass is 16.3. The fourth-order valence-corrected chi connectivity index (χ4v) is 5.42. The van der Waals surface area contributed by atoms with Crippen LogP contribution in [-0.4, -0.2) is 17.3 Å². The predicted molar refractivity (Wildman–Crippen MR) is 64.9 cm³/mol. The third-order valence-electron chi connectivity index (χ3n) is 5.31. The van der Waals surface area contributed by atoms with Crippen molar-refractivity contribution in [3.63, 3.8) is 0 Å². The number of aliphatic hydroxyl groups excluding tert-OH is 1. The van der Waals surface area contributed by atoms with E-state index in [4.69, 9.17) is 5.73 Å². The second kappa shape index (κ2) is 3.46. The standard InChI is InChI=1S/C14H25NO/c1-13(15,9-16)8-14-5-10-2-11(6-14)4-12(3-10)7-14/h10-12,16H,2-9,15H2,1H3. The van der Waals surface area contributed by atoms with Crippen LogP contribution in [0.3, 0.4) is 0 Å². The number of hydrogen-bond donors (Lipinski definition) is 2. The topological polar surface area (TPSA) is 46.2 Å². The molecule has 0 radical (unpaired) electrons.